The molecule has 1 N–H and O–H groups in total. The summed E-state index contributed by atoms with van der Waals surface area (Å²) in [6.45, 7) is 5.29. The Bertz CT molecular complexity index is 566. The minimum Gasteiger partial charge on any atom is -0.352 e. The molecule has 4 nitrogen and oxygen atoms in total. The summed E-state index contributed by atoms with van der Waals surface area (Å²) < 4.78 is 40.1. The molecule has 0 aliphatic heterocycles. The van der Waals surface area contributed by atoms with Crippen molar-refractivity contribution in [3.05, 3.63) is 16.4 Å². The molecule has 22 heavy (non-hydrogen) atoms. The fraction of sp³-hybridized carbons (Fsp3) is 0.714. The number of hydrogen-bond acceptors (Lipinski definition) is 2. The van der Waals surface area contributed by atoms with Crippen LogP contribution in [-0.2, 0) is 11.0 Å². The quantitative estimate of drug-likeness (QED) is 0.885. The molecule has 1 aliphatic rings. The monoisotopic (exact) mass is 337 g/mol. The standard InChI is InChI=1S/C14H19ClF3N3O/c1-4-7(2)19-13(22)8(3)21-11(9-5-6-9)10(15)12(20-21)14(16,17)18/h7-9H,4-6H2,1-3H3,(H,19,22)/t7-,8-/m1/s1. The highest BCUT2D eigenvalue weighted by atomic mass is 35.5. The number of nitrogens with one attached hydrogen (secondary N) is 1. The van der Waals surface area contributed by atoms with Gasteiger partial charge in [-0.2, -0.15) is 18.3 Å². The van der Waals surface area contributed by atoms with Gasteiger partial charge in [-0.1, -0.05) is 18.5 Å². The van der Waals surface area contributed by atoms with Gasteiger partial charge in [0.15, 0.2) is 5.69 Å². The molecule has 2 rings (SSSR count). The van der Waals surface area contributed by atoms with Gasteiger partial charge in [0.2, 0.25) is 5.91 Å². The van der Waals surface area contributed by atoms with Crippen LogP contribution < -0.4 is 5.32 Å². The number of carbonyl (C=O) groups excluding carboxylic acids is 1. The fourth-order valence-electron chi connectivity index (χ4n) is 2.20. The normalized spacial score (nSPS) is 18.1. The van der Waals surface area contributed by atoms with Gasteiger partial charge in [0.25, 0.3) is 0 Å². The van der Waals surface area contributed by atoms with E-state index >= 15 is 0 Å². The average molecular weight is 338 g/mol. The maximum Gasteiger partial charge on any atom is 0.436 e. The summed E-state index contributed by atoms with van der Waals surface area (Å²) in [5.74, 6) is -0.404. The molecular weight excluding hydrogens is 319 g/mol. The van der Waals surface area contributed by atoms with E-state index in [1.807, 2.05) is 13.8 Å². The van der Waals surface area contributed by atoms with Crippen LogP contribution in [0.2, 0.25) is 5.02 Å². The van der Waals surface area contributed by atoms with Crippen LogP contribution in [0, 0.1) is 0 Å². The highest BCUT2D eigenvalue weighted by Gasteiger charge is 2.43. The molecule has 1 fully saturated rings. The summed E-state index contributed by atoms with van der Waals surface area (Å²) in [5.41, 5.74) is -0.792. The molecule has 0 saturated heterocycles. The van der Waals surface area contributed by atoms with Crippen LogP contribution in [0.25, 0.3) is 0 Å². The molecule has 1 aromatic rings. The van der Waals surface area contributed by atoms with E-state index in [9.17, 15) is 18.0 Å². The largest absolute Gasteiger partial charge is 0.436 e. The molecule has 8 heteroatoms. The van der Waals surface area contributed by atoms with Crippen LogP contribution in [0.4, 0.5) is 13.2 Å². The van der Waals surface area contributed by atoms with Crippen molar-refractivity contribution in [1.82, 2.24) is 15.1 Å². The van der Waals surface area contributed by atoms with Gasteiger partial charge in [0.1, 0.15) is 6.04 Å². The Balaban J connectivity index is 2.35. The predicted octanol–water partition coefficient (Wildman–Crippen LogP) is 3.91. The van der Waals surface area contributed by atoms with Crippen molar-refractivity contribution in [2.75, 3.05) is 0 Å². The first-order valence-corrected chi connectivity index (χ1v) is 7.70. The third-order valence-corrected chi connectivity index (χ3v) is 4.24. The maximum atomic E-state index is 13.0. The van der Waals surface area contributed by atoms with Crippen molar-refractivity contribution in [2.24, 2.45) is 0 Å². The molecule has 1 aromatic heterocycles. The second-order valence-corrected chi connectivity index (χ2v) is 6.14. The summed E-state index contributed by atoms with van der Waals surface area (Å²) >= 11 is 5.90. The number of carbonyl (C=O) groups is 1. The minimum atomic E-state index is -4.63. The molecule has 1 saturated carbocycles. The van der Waals surface area contributed by atoms with Crippen LogP contribution >= 0.6 is 11.6 Å². The van der Waals surface area contributed by atoms with E-state index in [2.05, 4.69) is 10.4 Å². The van der Waals surface area contributed by atoms with Crippen molar-refractivity contribution in [1.29, 1.82) is 0 Å². The van der Waals surface area contributed by atoms with Crippen LogP contribution in [-0.4, -0.2) is 21.7 Å². The molecule has 2 atom stereocenters. The van der Waals surface area contributed by atoms with Crippen molar-refractivity contribution < 1.29 is 18.0 Å². The summed E-state index contributed by atoms with van der Waals surface area (Å²) in [6, 6.07) is -0.884. The third kappa shape index (κ3) is 3.39. The van der Waals surface area contributed by atoms with Gasteiger partial charge in [-0.05, 0) is 33.1 Å². The van der Waals surface area contributed by atoms with E-state index in [-0.39, 0.29) is 22.9 Å². The molecular formula is C14H19ClF3N3O. The van der Waals surface area contributed by atoms with E-state index in [0.717, 1.165) is 23.9 Å². The zero-order chi connectivity index (χ0) is 16.7. The number of nitrogens with zero attached hydrogens (tertiary/aromatic N) is 2. The molecule has 0 aromatic carbocycles. The minimum absolute atomic E-state index is 0.0463. The van der Waals surface area contributed by atoms with Gasteiger partial charge < -0.3 is 5.32 Å². The molecule has 0 radical (unpaired) electrons. The number of amides is 1. The Morgan fingerprint density at radius 2 is 2.05 bits per heavy atom. The van der Waals surface area contributed by atoms with E-state index in [1.54, 1.807) is 0 Å². The van der Waals surface area contributed by atoms with Crippen LogP contribution in [0.1, 0.15) is 63.4 Å². The van der Waals surface area contributed by atoms with Crippen molar-refractivity contribution in [2.45, 2.75) is 64.2 Å². The Morgan fingerprint density at radius 3 is 2.50 bits per heavy atom. The zero-order valence-corrected chi connectivity index (χ0v) is 13.4. The van der Waals surface area contributed by atoms with Crippen LogP contribution in [0.3, 0.4) is 0 Å². The Labute approximate surface area is 132 Å². The van der Waals surface area contributed by atoms with Gasteiger partial charge in [-0.25, -0.2) is 0 Å². The number of alkyl halides is 3. The van der Waals surface area contributed by atoms with E-state index in [0.29, 0.717) is 5.69 Å². The first kappa shape index (κ1) is 17.1. The highest BCUT2D eigenvalue weighted by molar-refractivity contribution is 6.32. The summed E-state index contributed by atoms with van der Waals surface area (Å²) in [7, 11) is 0. The molecule has 0 spiro atoms. The fourth-order valence-corrected chi connectivity index (χ4v) is 2.59. The van der Waals surface area contributed by atoms with E-state index < -0.39 is 17.9 Å². The lowest BCUT2D eigenvalue weighted by Crippen LogP contribution is -2.37. The third-order valence-electron chi connectivity index (χ3n) is 3.87. The summed E-state index contributed by atoms with van der Waals surface area (Å²) in [6.07, 6.45) is -2.36. The molecule has 1 aliphatic carbocycles. The van der Waals surface area contributed by atoms with Gasteiger partial charge >= 0.3 is 6.18 Å². The average Bonchev–Trinajstić information content (AvgIpc) is 3.19. The lowest BCUT2D eigenvalue weighted by atomic mass is 10.2. The smallest absolute Gasteiger partial charge is 0.352 e. The summed E-state index contributed by atoms with van der Waals surface area (Å²) in [5, 5.41) is 5.98. The topological polar surface area (TPSA) is 46.9 Å². The van der Waals surface area contributed by atoms with Crippen molar-refractivity contribution >= 4 is 17.5 Å². The van der Waals surface area contributed by atoms with Gasteiger partial charge in [0.05, 0.1) is 10.7 Å². The Morgan fingerprint density at radius 1 is 1.45 bits per heavy atom. The molecule has 0 bridgehead atoms. The maximum absolute atomic E-state index is 13.0. The lowest BCUT2D eigenvalue weighted by molar-refractivity contribution is -0.141. The zero-order valence-electron chi connectivity index (χ0n) is 12.7. The molecule has 0 unspecified atom stereocenters. The number of aromatic nitrogens is 2. The van der Waals surface area contributed by atoms with Crippen molar-refractivity contribution in [3.63, 3.8) is 0 Å². The van der Waals surface area contributed by atoms with Gasteiger partial charge in [-0.15, -0.1) is 0 Å². The summed E-state index contributed by atoms with van der Waals surface area (Å²) in [4.78, 5) is 12.2. The molecule has 124 valence electrons. The second kappa shape index (κ2) is 6.10. The highest BCUT2D eigenvalue weighted by Crippen LogP contribution is 2.47. The predicted molar refractivity (Wildman–Crippen MR) is 76.8 cm³/mol. The molecule has 1 heterocycles. The molecule has 1 amide bonds. The van der Waals surface area contributed by atoms with E-state index in [4.69, 9.17) is 11.6 Å². The second-order valence-electron chi connectivity index (χ2n) is 5.76. The lowest BCUT2D eigenvalue weighted by Gasteiger charge is -2.18. The Hall–Kier alpha value is -1.24. The van der Waals surface area contributed by atoms with E-state index in [1.165, 1.54) is 6.92 Å². The van der Waals surface area contributed by atoms with Crippen molar-refractivity contribution in [3.8, 4) is 0 Å². The van der Waals surface area contributed by atoms with Crippen LogP contribution in [0.15, 0.2) is 0 Å². The number of rotatable bonds is 5. The first-order valence-electron chi connectivity index (χ1n) is 7.32. The number of hydrogen-bond donors (Lipinski definition) is 1. The van der Waals surface area contributed by atoms with Gasteiger partial charge in [-0.3, -0.25) is 9.48 Å². The number of halogens is 4. The SMILES string of the molecule is CC[C@@H](C)NC(=O)[C@@H](C)n1nc(C(F)(F)F)c(Cl)c1C1CC1. The van der Waals surface area contributed by atoms with Crippen LogP contribution in [0.5, 0.6) is 0 Å². The van der Waals surface area contributed by atoms with Gasteiger partial charge in [0, 0.05) is 12.0 Å². The Kier molecular flexibility index (Phi) is 4.75. The first-order chi connectivity index (χ1) is 10.2.